The lowest BCUT2D eigenvalue weighted by Gasteiger charge is -2.35. The van der Waals surface area contributed by atoms with Crippen molar-refractivity contribution in [1.29, 1.82) is 0 Å². The summed E-state index contributed by atoms with van der Waals surface area (Å²) in [6.45, 7) is 24.4. The number of nitrogens with zero attached hydrogens (tertiary/aromatic N) is 6. The smallest absolute Gasteiger partial charge is 0.494 e. The number of fused-ring (bicyclic) bond motifs is 2. The van der Waals surface area contributed by atoms with Crippen LogP contribution in [0.2, 0.25) is 0 Å². The first kappa shape index (κ1) is 99.7. The number of ether oxygens (including phenoxy) is 5. The van der Waals surface area contributed by atoms with E-state index in [1.165, 1.54) is 31.2 Å². The number of hydrogen-bond acceptors (Lipinski definition) is 30. The van der Waals surface area contributed by atoms with E-state index in [0.29, 0.717) is 47.0 Å². The van der Waals surface area contributed by atoms with Crippen LogP contribution in [-0.2, 0) is 49.4 Å². The molecular formula is C83H123N11O27S. The first-order chi connectivity index (χ1) is 57.9. The number of unbranched alkanes of at least 4 members (excludes halogenated alkanes) is 4. The molecule has 0 saturated carbocycles. The van der Waals surface area contributed by atoms with E-state index >= 15 is 9.59 Å². The van der Waals surface area contributed by atoms with Crippen LogP contribution in [0.5, 0.6) is 17.2 Å². The predicted molar refractivity (Wildman–Crippen MR) is 445 cm³/mol. The standard InChI is InChI=1S/C75H104N10O27S.C8H19N/c1-7-27-107-74(101)83(50(40-86)41-87)26-24-57(91)64-73(100)85-36-42(3)66(93)65(85)71(98)76-35-51(89)32-55(77-67(94)49-17-15-47(16-18-49)54-34-60(111-81-54)48-19-21-53(22-20-48)106-29-13-11-9-10-12-25-82-37-43(4)109-44(5)38-82)68(95)78-62(45(6)88)72(99)84-39-52(90)33-56(84)69(96)79-63(70(97)80-64)58(92)30-46-14-23-59(110-75(102)108-28-8-2)61(31-46)112-113(103,104)105;1-6-9(7(2)3)8(4)5/h7-8,14-23,31,34,42-45,50-52,55-58,62-66,86-93,103-105H,1-2,9-13,24-30,32-33,35-41H2,3-6H3,(H,76,98)(H,77,94)(H,78,95)(H,79,96)(H,80,97);7-8H,6H2,1-5H3/t42-,43-,44+,45+,51+,52+,55-,56-,57+,58+,62-,63-,64-,65-,66-;/m0./s1. The van der Waals surface area contributed by atoms with E-state index in [4.69, 9.17) is 32.4 Å². The number of aliphatic hydroxyl groups excluding tert-OH is 8. The van der Waals surface area contributed by atoms with Crippen molar-refractivity contribution in [3.05, 3.63) is 109 Å². The Morgan fingerprint density at radius 2 is 1.30 bits per heavy atom. The first-order valence-corrected chi connectivity index (χ1v) is 42.5. The summed E-state index contributed by atoms with van der Waals surface area (Å²) in [6, 6.07) is 5.45. The molecule has 0 radical (unpaired) electrons. The Labute approximate surface area is 711 Å². The third-order valence-electron chi connectivity index (χ3n) is 21.2. The van der Waals surface area contributed by atoms with Crippen LogP contribution in [0.15, 0.2) is 103 Å². The number of benzene rings is 3. The zero-order valence-electron chi connectivity index (χ0n) is 70.5. The lowest BCUT2D eigenvalue weighted by Crippen LogP contribution is -2.64. The molecule has 122 heavy (non-hydrogen) atoms. The fraction of sp³-hybridized carbons (Fsp3) is 0.590. The van der Waals surface area contributed by atoms with Gasteiger partial charge in [0.1, 0.15) is 60.9 Å². The van der Waals surface area contributed by atoms with Gasteiger partial charge in [-0.3, -0.25) is 57.0 Å². The molecule has 39 heteroatoms. The summed E-state index contributed by atoms with van der Waals surface area (Å²) in [5, 5.41) is 107. The van der Waals surface area contributed by atoms with Crippen molar-refractivity contribution in [2.24, 2.45) is 5.92 Å². The number of β-amino-alcohol motifs (C(OH)–C–C–N with tert-alkyl or cyclic N) is 1. The Balaban J connectivity index is 0.00000214. The zero-order valence-corrected chi connectivity index (χ0v) is 71.3. The van der Waals surface area contributed by atoms with Gasteiger partial charge in [-0.25, -0.2) is 9.59 Å². The average molecular weight is 1740 g/mol. The molecule has 0 unspecified atom stereocenters. The molecule has 4 aromatic rings. The molecule has 4 aliphatic heterocycles. The second kappa shape index (κ2) is 48.0. The summed E-state index contributed by atoms with van der Waals surface area (Å²) in [5.74, 6) is -10.0. The van der Waals surface area contributed by atoms with Crippen molar-refractivity contribution in [2.75, 3.05) is 85.4 Å². The Morgan fingerprint density at radius 3 is 1.92 bits per heavy atom. The lowest BCUT2D eigenvalue weighted by atomic mass is 9.98. The van der Waals surface area contributed by atoms with E-state index < -0.39 is 226 Å². The highest BCUT2D eigenvalue weighted by Gasteiger charge is 2.50. The van der Waals surface area contributed by atoms with Crippen LogP contribution in [-0.4, -0.2) is 326 Å². The maximum Gasteiger partial charge on any atom is 0.514 e. The van der Waals surface area contributed by atoms with Gasteiger partial charge in [-0.1, -0.05) is 81.8 Å². The van der Waals surface area contributed by atoms with Crippen molar-refractivity contribution in [1.82, 2.24) is 56.2 Å². The average Bonchev–Trinajstić information content (AvgIpc) is 1.63. The van der Waals surface area contributed by atoms with Gasteiger partial charge in [-0.15, -0.1) is 0 Å². The maximum absolute atomic E-state index is 15.3. The molecule has 1 aromatic heterocycles. The number of nitrogens with one attached hydrogen (secondary N) is 5. The summed E-state index contributed by atoms with van der Waals surface area (Å²) in [7, 11) is 0. The molecule has 8 amide bonds. The van der Waals surface area contributed by atoms with Gasteiger partial charge in [-0.2, -0.15) is 0 Å². The van der Waals surface area contributed by atoms with Gasteiger partial charge in [0.25, 0.3) is 17.1 Å². The van der Waals surface area contributed by atoms with Crippen molar-refractivity contribution >= 4 is 64.8 Å². The summed E-state index contributed by atoms with van der Waals surface area (Å²) in [6.07, 6.45) is -8.69. The van der Waals surface area contributed by atoms with Crippen molar-refractivity contribution in [2.45, 2.75) is 223 Å². The third kappa shape index (κ3) is 29.4. The Morgan fingerprint density at radius 1 is 0.689 bits per heavy atom. The van der Waals surface area contributed by atoms with Gasteiger partial charge in [0, 0.05) is 99.3 Å². The van der Waals surface area contributed by atoms with Crippen LogP contribution in [0.4, 0.5) is 9.59 Å². The van der Waals surface area contributed by atoms with Gasteiger partial charge in [0.15, 0.2) is 17.3 Å². The van der Waals surface area contributed by atoms with Crippen LogP contribution in [0.3, 0.4) is 0 Å². The Hall–Kier alpha value is -9.43. The molecule has 5 heterocycles. The third-order valence-corrected chi connectivity index (χ3v) is 21.6. The molecule has 4 aliphatic rings. The largest absolute Gasteiger partial charge is 0.514 e. The molecule has 16 N–H and O–H groups in total. The maximum atomic E-state index is 15.3. The number of rotatable bonds is 34. The molecule has 0 spiro atoms. The molecule has 0 bridgehead atoms. The molecule has 8 rings (SSSR count). The van der Waals surface area contributed by atoms with Gasteiger partial charge in [0.05, 0.1) is 74.7 Å². The summed E-state index contributed by atoms with van der Waals surface area (Å²) in [5.41, 5.74) is 1.36. The number of carbonyl (C=O) groups is 9. The van der Waals surface area contributed by atoms with E-state index in [-0.39, 0.29) is 36.5 Å². The number of amides is 8. The number of aromatic nitrogens is 1. The number of carbonyl (C=O) groups excluding carboxylic acids is 9. The van der Waals surface area contributed by atoms with Crippen LogP contribution < -0.4 is 40.2 Å². The molecule has 0 aliphatic carbocycles. The van der Waals surface area contributed by atoms with Gasteiger partial charge in [-0.05, 0) is 135 Å². The van der Waals surface area contributed by atoms with E-state index in [1.807, 2.05) is 24.3 Å². The monoisotopic (exact) mass is 1740 g/mol. The van der Waals surface area contributed by atoms with E-state index in [9.17, 15) is 88.1 Å². The van der Waals surface area contributed by atoms with Crippen molar-refractivity contribution in [3.63, 3.8) is 0 Å². The predicted octanol–water partition coefficient (Wildman–Crippen LogP) is 3.11. The number of aliphatic hydroxyl groups is 8. The molecule has 15 atom stereocenters. The second-order valence-corrected chi connectivity index (χ2v) is 32.6. The molecule has 4 fully saturated rings. The first-order valence-electron chi connectivity index (χ1n) is 41.1. The highest BCUT2D eigenvalue weighted by atomic mass is 32.3. The van der Waals surface area contributed by atoms with Crippen molar-refractivity contribution < 1.29 is 130 Å². The van der Waals surface area contributed by atoms with Gasteiger partial charge in [0.2, 0.25) is 35.4 Å². The van der Waals surface area contributed by atoms with E-state index in [1.54, 1.807) is 18.2 Å². The second-order valence-electron chi connectivity index (χ2n) is 31.5. The molecule has 678 valence electrons. The zero-order chi connectivity index (χ0) is 89.8. The van der Waals surface area contributed by atoms with Crippen LogP contribution in [0, 0.1) is 5.92 Å². The minimum atomic E-state index is -4.93. The van der Waals surface area contributed by atoms with Crippen LogP contribution in [0.1, 0.15) is 130 Å². The van der Waals surface area contributed by atoms with Crippen molar-refractivity contribution in [3.8, 4) is 39.8 Å². The van der Waals surface area contributed by atoms with Gasteiger partial charge >= 0.3 is 12.2 Å². The normalized spacial score (nSPS) is 23.8. The summed E-state index contributed by atoms with van der Waals surface area (Å²) in [4.78, 5) is 137. The van der Waals surface area contributed by atoms with E-state index in [2.05, 4.69) is 103 Å². The molecule has 4 saturated heterocycles. The summed E-state index contributed by atoms with van der Waals surface area (Å²) < 4.78 is 67.3. The van der Waals surface area contributed by atoms with E-state index in [0.717, 1.165) is 98.1 Å². The quantitative estimate of drug-likeness (QED) is 0.0138. The SMILES string of the molecule is C=CCOC(=O)Oc1ccc(C[C@@H](O)[C@@H]2NC(=O)[C@@H]3C[C@@H](O)CN3C(=O)[C@H]([C@@H](C)O)NC(=O)[C@@H](NC(=O)c3ccc(-c4cc(-c5ccc(OCCCCCCCN6C[C@@H](C)O[C@@H](C)C6)cc5)on4)cc3)C[C@@H](O)CNC(=O)[C@@H]3[C@@H](O)[C@@H](C)CN3C(=O)[C@H]([C@H](O)CCN(C(=O)OCC=C)C(CO)CO)NC2=O)cc1OS(O)(O)O.CCN(C(C)C)C(C)C. The fourth-order valence-corrected chi connectivity index (χ4v) is 15.4. The highest BCUT2D eigenvalue weighted by Crippen LogP contribution is 2.42. The molecular weight excluding hydrogens is 1620 g/mol. The number of morpholine rings is 1. The number of hydrogen-bond donors (Lipinski definition) is 16. The Bertz CT molecular complexity index is 4060. The minimum absolute atomic E-state index is 0.0499. The van der Waals surface area contributed by atoms with Crippen LogP contribution in [0.25, 0.3) is 22.6 Å². The minimum Gasteiger partial charge on any atom is -0.494 e. The fourth-order valence-electron chi connectivity index (χ4n) is 15.1. The summed E-state index contributed by atoms with van der Waals surface area (Å²) >= 11 is -4.93. The van der Waals surface area contributed by atoms with Gasteiger partial charge < -0.3 is 115 Å². The topological polar surface area (TPSA) is 534 Å². The van der Waals surface area contributed by atoms with Crippen LogP contribution >= 0.6 is 11.2 Å². The Kier molecular flexibility index (Phi) is 39.2. The lowest BCUT2D eigenvalue weighted by molar-refractivity contribution is -0.147. The molecule has 38 nitrogen and oxygen atoms in total. The molecule has 3 aromatic carbocycles. The highest BCUT2D eigenvalue weighted by molar-refractivity contribution is 8.15.